The minimum absolute atomic E-state index is 0.441. The molecule has 2 rings (SSSR count). The first-order valence-corrected chi connectivity index (χ1v) is 5.18. The molecule has 0 aliphatic heterocycles. The van der Waals surface area contributed by atoms with E-state index in [9.17, 15) is 4.79 Å². The number of hydrogen-bond acceptors (Lipinski definition) is 2. The highest BCUT2D eigenvalue weighted by atomic mass is 16.5. The summed E-state index contributed by atoms with van der Waals surface area (Å²) >= 11 is 0. The summed E-state index contributed by atoms with van der Waals surface area (Å²) < 4.78 is 5.48. The molecule has 2 N–H and O–H groups in total. The molecule has 0 radical (unpaired) electrons. The first-order chi connectivity index (χ1) is 7.72. The van der Waals surface area contributed by atoms with Crippen LogP contribution in [0.25, 0.3) is 10.9 Å². The third kappa shape index (κ3) is 1.86. The van der Waals surface area contributed by atoms with Crippen molar-refractivity contribution < 1.29 is 14.6 Å². The van der Waals surface area contributed by atoms with E-state index in [1.165, 1.54) is 0 Å². The molecule has 1 unspecified atom stereocenters. The molecule has 84 valence electrons. The summed E-state index contributed by atoms with van der Waals surface area (Å²) in [4.78, 5) is 13.9. The molecule has 1 aromatic heterocycles. The highest BCUT2D eigenvalue weighted by molar-refractivity contribution is 5.86. The lowest BCUT2D eigenvalue weighted by Crippen LogP contribution is -2.25. The van der Waals surface area contributed by atoms with Crippen molar-refractivity contribution in [3.63, 3.8) is 0 Å². The number of aromatic amines is 1. The van der Waals surface area contributed by atoms with Crippen LogP contribution >= 0.6 is 0 Å². The molecule has 2 aromatic rings. The van der Waals surface area contributed by atoms with Crippen LogP contribution in [0.1, 0.15) is 13.3 Å². The quantitative estimate of drug-likeness (QED) is 0.830. The van der Waals surface area contributed by atoms with E-state index in [0.29, 0.717) is 12.2 Å². The van der Waals surface area contributed by atoms with E-state index in [0.717, 1.165) is 10.9 Å². The molecule has 0 saturated carbocycles. The number of ether oxygens (including phenoxy) is 1. The Labute approximate surface area is 92.9 Å². The van der Waals surface area contributed by atoms with Gasteiger partial charge in [0.05, 0.1) is 0 Å². The van der Waals surface area contributed by atoms with Crippen LogP contribution in [0.15, 0.2) is 30.5 Å². The molecule has 0 bridgehead atoms. The molecular weight excluding hydrogens is 206 g/mol. The van der Waals surface area contributed by atoms with Gasteiger partial charge in [-0.1, -0.05) is 13.0 Å². The largest absolute Gasteiger partial charge is 0.479 e. The normalized spacial score (nSPS) is 12.6. The summed E-state index contributed by atoms with van der Waals surface area (Å²) in [5.41, 5.74) is 0.942. The first kappa shape index (κ1) is 10.5. The Bertz CT molecular complexity index is 504. The standard InChI is InChI=1S/C12H13NO3/c1-2-10(12(14)15)16-11-5-3-4-9-8(11)6-7-13-9/h3-7,10,13H,2H2,1H3,(H,14,15). The maximum atomic E-state index is 10.9. The number of carbonyl (C=O) groups is 1. The zero-order valence-corrected chi connectivity index (χ0v) is 8.93. The van der Waals surface area contributed by atoms with Crippen molar-refractivity contribution in [3.05, 3.63) is 30.5 Å². The fraction of sp³-hybridized carbons (Fsp3) is 0.250. The van der Waals surface area contributed by atoms with Crippen molar-refractivity contribution in [2.24, 2.45) is 0 Å². The third-order valence-corrected chi connectivity index (χ3v) is 2.47. The van der Waals surface area contributed by atoms with Gasteiger partial charge in [0.1, 0.15) is 5.75 Å². The van der Waals surface area contributed by atoms with Gasteiger partial charge >= 0.3 is 5.97 Å². The Morgan fingerprint density at radius 2 is 2.31 bits per heavy atom. The number of carboxylic acids is 1. The summed E-state index contributed by atoms with van der Waals surface area (Å²) in [5.74, 6) is -0.331. The summed E-state index contributed by atoms with van der Waals surface area (Å²) in [5, 5.41) is 9.83. The van der Waals surface area contributed by atoms with Crippen LogP contribution in [0.3, 0.4) is 0 Å². The second-order valence-corrected chi connectivity index (χ2v) is 3.55. The number of rotatable bonds is 4. The highest BCUT2D eigenvalue weighted by Crippen LogP contribution is 2.25. The topological polar surface area (TPSA) is 62.3 Å². The maximum absolute atomic E-state index is 10.9. The zero-order valence-electron chi connectivity index (χ0n) is 8.93. The lowest BCUT2D eigenvalue weighted by atomic mass is 10.2. The Kier molecular flexibility index (Phi) is 2.81. The molecule has 1 aromatic carbocycles. The number of aromatic nitrogens is 1. The van der Waals surface area contributed by atoms with Crippen molar-refractivity contribution in [2.45, 2.75) is 19.4 Å². The molecule has 16 heavy (non-hydrogen) atoms. The third-order valence-electron chi connectivity index (χ3n) is 2.47. The van der Waals surface area contributed by atoms with Gasteiger partial charge in [-0.3, -0.25) is 0 Å². The average molecular weight is 219 g/mol. The lowest BCUT2D eigenvalue weighted by Gasteiger charge is -2.13. The van der Waals surface area contributed by atoms with Crippen molar-refractivity contribution in [2.75, 3.05) is 0 Å². The van der Waals surface area contributed by atoms with E-state index in [1.54, 1.807) is 19.2 Å². The van der Waals surface area contributed by atoms with Crippen molar-refractivity contribution >= 4 is 16.9 Å². The summed E-state index contributed by atoms with van der Waals surface area (Å²) in [6.45, 7) is 1.79. The van der Waals surface area contributed by atoms with E-state index < -0.39 is 12.1 Å². The van der Waals surface area contributed by atoms with Crippen molar-refractivity contribution in [1.29, 1.82) is 0 Å². The minimum atomic E-state index is -0.935. The van der Waals surface area contributed by atoms with E-state index in [-0.39, 0.29) is 0 Å². The molecule has 1 heterocycles. The maximum Gasteiger partial charge on any atom is 0.344 e. The number of nitrogens with one attached hydrogen (secondary N) is 1. The van der Waals surface area contributed by atoms with Crippen LogP contribution < -0.4 is 4.74 Å². The Balaban J connectivity index is 2.33. The minimum Gasteiger partial charge on any atom is -0.479 e. The van der Waals surface area contributed by atoms with Gasteiger partial charge < -0.3 is 14.8 Å². The van der Waals surface area contributed by atoms with Crippen molar-refractivity contribution in [3.8, 4) is 5.75 Å². The number of aliphatic carboxylic acids is 1. The Hall–Kier alpha value is -1.97. The first-order valence-electron chi connectivity index (χ1n) is 5.18. The molecule has 0 aliphatic carbocycles. The van der Waals surface area contributed by atoms with E-state index in [2.05, 4.69) is 4.98 Å². The predicted octanol–water partition coefficient (Wildman–Crippen LogP) is 2.41. The van der Waals surface area contributed by atoms with Crippen LogP contribution in [0.5, 0.6) is 5.75 Å². The number of hydrogen-bond donors (Lipinski definition) is 2. The molecule has 4 heteroatoms. The highest BCUT2D eigenvalue weighted by Gasteiger charge is 2.17. The van der Waals surface area contributed by atoms with Gasteiger partial charge in [0, 0.05) is 17.1 Å². The monoisotopic (exact) mass is 219 g/mol. The number of carboxylic acid groups (broad SMARTS) is 1. The van der Waals surface area contributed by atoms with E-state index in [1.807, 2.05) is 18.2 Å². The van der Waals surface area contributed by atoms with Gasteiger partial charge in [-0.25, -0.2) is 4.79 Å². The molecular formula is C12H13NO3. The van der Waals surface area contributed by atoms with Crippen LogP contribution in [0.4, 0.5) is 0 Å². The van der Waals surface area contributed by atoms with Gasteiger partial charge in [-0.05, 0) is 24.6 Å². The fourth-order valence-electron chi connectivity index (χ4n) is 1.62. The molecule has 0 aliphatic rings. The molecule has 4 nitrogen and oxygen atoms in total. The lowest BCUT2D eigenvalue weighted by molar-refractivity contribution is -0.145. The molecule has 0 amide bonds. The summed E-state index contributed by atoms with van der Waals surface area (Å²) in [7, 11) is 0. The molecule has 0 fully saturated rings. The molecule has 0 saturated heterocycles. The summed E-state index contributed by atoms with van der Waals surface area (Å²) in [6.07, 6.45) is 1.45. The van der Waals surface area contributed by atoms with Gasteiger partial charge in [-0.15, -0.1) is 0 Å². The zero-order chi connectivity index (χ0) is 11.5. The number of H-pyrrole nitrogens is 1. The second-order valence-electron chi connectivity index (χ2n) is 3.55. The van der Waals surface area contributed by atoms with E-state index >= 15 is 0 Å². The average Bonchev–Trinajstić information content (AvgIpc) is 2.73. The van der Waals surface area contributed by atoms with Crippen LogP contribution in [-0.2, 0) is 4.79 Å². The number of fused-ring (bicyclic) bond motifs is 1. The summed E-state index contributed by atoms with van der Waals surface area (Å²) in [6, 6.07) is 7.41. The fourth-order valence-corrected chi connectivity index (χ4v) is 1.62. The SMILES string of the molecule is CCC(Oc1cccc2[nH]ccc12)C(=O)O. The van der Waals surface area contributed by atoms with Gasteiger partial charge in [0.2, 0.25) is 0 Å². The van der Waals surface area contributed by atoms with Crippen LogP contribution in [-0.4, -0.2) is 22.2 Å². The second kappa shape index (κ2) is 4.26. The van der Waals surface area contributed by atoms with Crippen molar-refractivity contribution in [1.82, 2.24) is 4.98 Å². The molecule has 1 atom stereocenters. The van der Waals surface area contributed by atoms with Crippen LogP contribution in [0.2, 0.25) is 0 Å². The van der Waals surface area contributed by atoms with Gasteiger partial charge in [0.15, 0.2) is 6.10 Å². The van der Waals surface area contributed by atoms with Crippen LogP contribution in [0, 0.1) is 0 Å². The Morgan fingerprint density at radius 3 is 3.00 bits per heavy atom. The number of benzene rings is 1. The van der Waals surface area contributed by atoms with Gasteiger partial charge in [0.25, 0.3) is 0 Å². The molecule has 0 spiro atoms. The smallest absolute Gasteiger partial charge is 0.344 e. The predicted molar refractivity (Wildman–Crippen MR) is 60.6 cm³/mol. The Morgan fingerprint density at radius 1 is 1.50 bits per heavy atom. The van der Waals surface area contributed by atoms with E-state index in [4.69, 9.17) is 9.84 Å². The van der Waals surface area contributed by atoms with Gasteiger partial charge in [-0.2, -0.15) is 0 Å².